The maximum absolute atomic E-state index is 13.3. The number of hydrogen-bond donors (Lipinski definition) is 2. The average molecular weight is 378 g/mol. The number of rotatable bonds is 9. The molecule has 3 rings (SSSR count). The summed E-state index contributed by atoms with van der Waals surface area (Å²) in [6.45, 7) is 5.11. The average Bonchev–Trinajstić information content (AvgIpc) is 2.72. The number of hydrogen-bond acceptors (Lipinski definition) is 4. The van der Waals surface area contributed by atoms with Gasteiger partial charge >= 0.3 is 0 Å². The Morgan fingerprint density at radius 3 is 2.18 bits per heavy atom. The van der Waals surface area contributed by atoms with Crippen LogP contribution >= 0.6 is 0 Å². The van der Waals surface area contributed by atoms with Gasteiger partial charge in [-0.3, -0.25) is 14.4 Å². The minimum Gasteiger partial charge on any atom is -0.384 e. The van der Waals surface area contributed by atoms with Gasteiger partial charge in [-0.15, -0.1) is 0 Å². The predicted octanol–water partition coefficient (Wildman–Crippen LogP) is 4.66. The smallest absolute Gasteiger partial charge is 0.211 e. The summed E-state index contributed by atoms with van der Waals surface area (Å²) >= 11 is 0. The Kier molecular flexibility index (Phi) is 6.24. The summed E-state index contributed by atoms with van der Waals surface area (Å²) in [5.41, 5.74) is 2.44. The maximum atomic E-state index is 13.3. The molecule has 5 nitrogen and oxygen atoms in total. The quantitative estimate of drug-likeness (QED) is 0.531. The number of amides is 1. The number of anilines is 2. The summed E-state index contributed by atoms with van der Waals surface area (Å²) in [5, 5.41) is 5.95. The van der Waals surface area contributed by atoms with Crippen LogP contribution in [0.2, 0.25) is 0 Å². The van der Waals surface area contributed by atoms with E-state index in [1.54, 1.807) is 30.3 Å². The topological polar surface area (TPSA) is 75.3 Å². The zero-order chi connectivity index (χ0) is 20.1. The molecule has 1 aliphatic rings. The van der Waals surface area contributed by atoms with Crippen molar-refractivity contribution in [3.05, 3.63) is 58.7 Å². The summed E-state index contributed by atoms with van der Waals surface area (Å²) in [5.74, 6) is 0.0878. The van der Waals surface area contributed by atoms with Crippen LogP contribution in [-0.2, 0) is 4.79 Å². The molecule has 5 heteroatoms. The summed E-state index contributed by atoms with van der Waals surface area (Å²) in [7, 11) is 0. The Balaban J connectivity index is 1.96. The van der Waals surface area contributed by atoms with Gasteiger partial charge in [-0.1, -0.05) is 57.4 Å². The van der Waals surface area contributed by atoms with E-state index in [4.69, 9.17) is 0 Å². The zero-order valence-electron chi connectivity index (χ0n) is 16.4. The van der Waals surface area contributed by atoms with E-state index in [0.717, 1.165) is 25.8 Å². The van der Waals surface area contributed by atoms with Crippen molar-refractivity contribution in [1.29, 1.82) is 0 Å². The molecular weight excluding hydrogens is 352 g/mol. The Labute approximate surface area is 165 Å². The van der Waals surface area contributed by atoms with Crippen molar-refractivity contribution in [3.63, 3.8) is 0 Å². The van der Waals surface area contributed by atoms with Gasteiger partial charge in [0, 0.05) is 23.4 Å². The van der Waals surface area contributed by atoms with Crippen LogP contribution in [0.1, 0.15) is 71.4 Å². The molecule has 0 fully saturated rings. The number of unbranched alkanes of at least 4 members (excludes halogenated alkanes) is 1. The lowest BCUT2D eigenvalue weighted by molar-refractivity contribution is -0.105. The van der Waals surface area contributed by atoms with Crippen LogP contribution in [0.4, 0.5) is 11.4 Å². The molecule has 1 atom stereocenters. The highest BCUT2D eigenvalue weighted by Crippen LogP contribution is 2.35. The fraction of sp³-hybridized carbons (Fsp3) is 0.348. The normalized spacial score (nSPS) is 13.5. The first-order chi connectivity index (χ1) is 13.6. The first-order valence-corrected chi connectivity index (χ1v) is 9.91. The lowest BCUT2D eigenvalue weighted by Crippen LogP contribution is -2.25. The molecule has 0 radical (unpaired) electrons. The van der Waals surface area contributed by atoms with Crippen LogP contribution in [-0.4, -0.2) is 24.5 Å². The van der Waals surface area contributed by atoms with Crippen molar-refractivity contribution < 1.29 is 14.4 Å². The molecule has 28 heavy (non-hydrogen) atoms. The van der Waals surface area contributed by atoms with Crippen molar-refractivity contribution in [2.75, 3.05) is 17.2 Å². The zero-order valence-corrected chi connectivity index (χ0v) is 16.4. The van der Waals surface area contributed by atoms with Gasteiger partial charge < -0.3 is 10.6 Å². The SMILES string of the molecule is CCCCC(CC)CNc1cccc2c1C(=O)c1c(NC=O)cccc1C2=O. The molecular formula is C23H26N2O3. The second kappa shape index (κ2) is 8.83. The first kappa shape index (κ1) is 19.8. The summed E-state index contributed by atoms with van der Waals surface area (Å²) in [6, 6.07) is 10.3. The third-order valence-electron chi connectivity index (χ3n) is 5.41. The molecule has 2 aromatic carbocycles. The van der Waals surface area contributed by atoms with Crippen LogP contribution in [0.25, 0.3) is 0 Å². The molecule has 0 aliphatic heterocycles. The van der Waals surface area contributed by atoms with Gasteiger partial charge in [-0.05, 0) is 24.5 Å². The molecule has 0 saturated carbocycles. The molecule has 0 saturated heterocycles. The van der Waals surface area contributed by atoms with E-state index in [9.17, 15) is 14.4 Å². The first-order valence-electron chi connectivity index (χ1n) is 9.91. The molecule has 1 amide bonds. The van der Waals surface area contributed by atoms with Gasteiger partial charge in [-0.25, -0.2) is 0 Å². The van der Waals surface area contributed by atoms with E-state index in [1.165, 1.54) is 6.42 Å². The number of ketones is 2. The molecule has 0 bridgehead atoms. The number of carbonyl (C=O) groups is 3. The van der Waals surface area contributed by atoms with Gasteiger partial charge in [0.1, 0.15) is 0 Å². The molecule has 2 N–H and O–H groups in total. The molecule has 2 aromatic rings. The van der Waals surface area contributed by atoms with Crippen LogP contribution in [0.5, 0.6) is 0 Å². The highest BCUT2D eigenvalue weighted by molar-refractivity contribution is 6.32. The maximum Gasteiger partial charge on any atom is 0.211 e. The van der Waals surface area contributed by atoms with E-state index in [-0.39, 0.29) is 17.1 Å². The van der Waals surface area contributed by atoms with Crippen LogP contribution in [0.15, 0.2) is 36.4 Å². The molecule has 1 aliphatic carbocycles. The molecule has 146 valence electrons. The minimum absolute atomic E-state index is 0.194. The van der Waals surface area contributed by atoms with Crippen molar-refractivity contribution >= 4 is 29.4 Å². The Morgan fingerprint density at radius 2 is 1.57 bits per heavy atom. The van der Waals surface area contributed by atoms with Crippen LogP contribution in [0, 0.1) is 5.92 Å². The third kappa shape index (κ3) is 3.70. The molecule has 0 heterocycles. The van der Waals surface area contributed by atoms with E-state index in [0.29, 0.717) is 40.4 Å². The van der Waals surface area contributed by atoms with E-state index in [2.05, 4.69) is 24.5 Å². The number of nitrogens with one attached hydrogen (secondary N) is 2. The highest BCUT2D eigenvalue weighted by Gasteiger charge is 2.33. The fourth-order valence-electron chi connectivity index (χ4n) is 3.77. The lowest BCUT2D eigenvalue weighted by Gasteiger charge is -2.23. The third-order valence-corrected chi connectivity index (χ3v) is 5.41. The molecule has 0 spiro atoms. The van der Waals surface area contributed by atoms with Crippen molar-refractivity contribution in [1.82, 2.24) is 0 Å². The number of fused-ring (bicyclic) bond motifs is 2. The van der Waals surface area contributed by atoms with Crippen molar-refractivity contribution in [2.24, 2.45) is 5.92 Å². The Hall–Kier alpha value is -2.95. The van der Waals surface area contributed by atoms with E-state index in [1.807, 2.05) is 6.07 Å². The van der Waals surface area contributed by atoms with Crippen LogP contribution in [0.3, 0.4) is 0 Å². The molecule has 0 aromatic heterocycles. The van der Waals surface area contributed by atoms with Crippen molar-refractivity contribution in [3.8, 4) is 0 Å². The van der Waals surface area contributed by atoms with Gasteiger partial charge in [0.2, 0.25) is 6.41 Å². The monoisotopic (exact) mass is 378 g/mol. The van der Waals surface area contributed by atoms with Crippen LogP contribution < -0.4 is 10.6 Å². The molecule has 1 unspecified atom stereocenters. The Bertz CT molecular complexity index is 905. The summed E-state index contributed by atoms with van der Waals surface area (Å²) in [4.78, 5) is 37.2. The number of carbonyl (C=O) groups excluding carboxylic acids is 3. The van der Waals surface area contributed by atoms with Gasteiger partial charge in [0.25, 0.3) is 0 Å². The fourth-order valence-corrected chi connectivity index (χ4v) is 3.77. The second-order valence-electron chi connectivity index (χ2n) is 7.17. The van der Waals surface area contributed by atoms with Gasteiger partial charge in [0.15, 0.2) is 11.6 Å². The predicted molar refractivity (Wildman–Crippen MR) is 111 cm³/mol. The largest absolute Gasteiger partial charge is 0.384 e. The summed E-state index contributed by atoms with van der Waals surface area (Å²) < 4.78 is 0. The van der Waals surface area contributed by atoms with E-state index >= 15 is 0 Å². The minimum atomic E-state index is -0.237. The lowest BCUT2D eigenvalue weighted by atomic mass is 9.82. The summed E-state index contributed by atoms with van der Waals surface area (Å²) in [6.07, 6.45) is 5.06. The second-order valence-corrected chi connectivity index (χ2v) is 7.17. The number of benzene rings is 2. The van der Waals surface area contributed by atoms with E-state index < -0.39 is 0 Å². The van der Waals surface area contributed by atoms with Crippen molar-refractivity contribution in [2.45, 2.75) is 39.5 Å². The van der Waals surface area contributed by atoms with Gasteiger partial charge in [-0.2, -0.15) is 0 Å². The Morgan fingerprint density at radius 1 is 0.929 bits per heavy atom. The highest BCUT2D eigenvalue weighted by atomic mass is 16.1. The van der Waals surface area contributed by atoms with Gasteiger partial charge in [0.05, 0.1) is 16.8 Å². The standard InChI is InChI=1S/C23H26N2O3/c1-3-5-8-15(4-2)13-24-18-11-6-9-16-20(18)23(28)21-17(22(16)27)10-7-12-19(21)25-14-26/h6-7,9-12,14-15,24H,3-5,8,13H2,1-2H3,(H,25,26).